The van der Waals surface area contributed by atoms with Crippen molar-refractivity contribution in [3.63, 3.8) is 0 Å². The molecule has 6 heteroatoms. The topological polar surface area (TPSA) is 69.6 Å². The number of benzene rings is 1. The number of amides is 1. The van der Waals surface area contributed by atoms with Crippen LogP contribution in [0.5, 0.6) is 0 Å². The lowest BCUT2D eigenvalue weighted by atomic mass is 10.1. The molecule has 0 spiro atoms. The van der Waals surface area contributed by atoms with E-state index in [9.17, 15) is 9.90 Å². The number of carbonyl (C=O) groups is 1. The van der Waals surface area contributed by atoms with Gasteiger partial charge in [-0.15, -0.1) is 0 Å². The highest BCUT2D eigenvalue weighted by atomic mass is 35.5. The molecule has 0 heterocycles. The van der Waals surface area contributed by atoms with Crippen molar-refractivity contribution in [1.29, 1.82) is 0 Å². The van der Waals surface area contributed by atoms with Gasteiger partial charge in [0.15, 0.2) is 0 Å². The van der Waals surface area contributed by atoms with Crippen LogP contribution in [0.25, 0.3) is 0 Å². The number of hydrogen-bond donors (Lipinski definition) is 3. The van der Waals surface area contributed by atoms with Crippen molar-refractivity contribution in [2.45, 2.75) is 25.0 Å². The maximum absolute atomic E-state index is 12.1. The maximum Gasteiger partial charge on any atom is 0.253 e. The van der Waals surface area contributed by atoms with E-state index in [0.717, 1.165) is 0 Å². The van der Waals surface area contributed by atoms with Gasteiger partial charge in [0.1, 0.15) is 0 Å². The Morgan fingerprint density at radius 3 is 2.68 bits per heavy atom. The summed E-state index contributed by atoms with van der Waals surface area (Å²) in [6.45, 7) is -0.0742. The number of nitrogens with one attached hydrogen (secondary N) is 1. The highest BCUT2D eigenvalue weighted by molar-refractivity contribution is 6.36. The number of hydrogen-bond acceptors (Lipinski definition) is 3. The zero-order valence-electron chi connectivity index (χ0n) is 10.1. The Labute approximate surface area is 121 Å². The number of aliphatic hydroxyl groups is 2. The van der Waals surface area contributed by atoms with Gasteiger partial charge in [-0.25, -0.2) is 0 Å². The molecular weight excluding hydrogens is 289 g/mol. The third-order valence-electron chi connectivity index (χ3n) is 3.40. The van der Waals surface area contributed by atoms with Gasteiger partial charge in [-0.2, -0.15) is 0 Å². The Hall–Kier alpha value is -0.810. The minimum atomic E-state index is -0.573. The van der Waals surface area contributed by atoms with Gasteiger partial charge in [-0.3, -0.25) is 4.79 Å². The van der Waals surface area contributed by atoms with E-state index in [-0.39, 0.29) is 24.5 Å². The van der Waals surface area contributed by atoms with Crippen LogP contribution in [0.2, 0.25) is 10.0 Å². The minimum absolute atomic E-state index is 0.0742. The summed E-state index contributed by atoms with van der Waals surface area (Å²) in [5.74, 6) is -0.469. The summed E-state index contributed by atoms with van der Waals surface area (Å²) < 4.78 is 0. The fraction of sp³-hybridized carbons (Fsp3) is 0.462. The van der Waals surface area contributed by atoms with Crippen molar-refractivity contribution < 1.29 is 15.0 Å². The molecule has 1 saturated carbocycles. The molecule has 3 atom stereocenters. The molecule has 2 rings (SSSR count). The largest absolute Gasteiger partial charge is 0.396 e. The molecular formula is C13H15Cl2NO3. The minimum Gasteiger partial charge on any atom is -0.396 e. The van der Waals surface area contributed by atoms with Crippen molar-refractivity contribution in [3.05, 3.63) is 33.8 Å². The van der Waals surface area contributed by atoms with Crippen LogP contribution in [0.4, 0.5) is 0 Å². The van der Waals surface area contributed by atoms with E-state index in [0.29, 0.717) is 28.5 Å². The molecule has 1 aromatic carbocycles. The lowest BCUT2D eigenvalue weighted by molar-refractivity contribution is 0.0903. The highest BCUT2D eigenvalue weighted by Gasteiger charge is 2.33. The summed E-state index contributed by atoms with van der Waals surface area (Å²) in [5, 5.41) is 22.3. The van der Waals surface area contributed by atoms with Gasteiger partial charge in [-0.05, 0) is 31.0 Å². The highest BCUT2D eigenvalue weighted by Crippen LogP contribution is 2.27. The van der Waals surface area contributed by atoms with Crippen LogP contribution in [0.15, 0.2) is 18.2 Å². The molecule has 0 radical (unpaired) electrons. The predicted octanol–water partition coefficient (Wildman–Crippen LogP) is 1.85. The van der Waals surface area contributed by atoms with E-state index in [4.69, 9.17) is 28.3 Å². The van der Waals surface area contributed by atoms with Crippen LogP contribution in [0.1, 0.15) is 23.2 Å². The molecule has 0 bridgehead atoms. The molecule has 1 amide bonds. The van der Waals surface area contributed by atoms with Crippen LogP contribution in [0.3, 0.4) is 0 Å². The quantitative estimate of drug-likeness (QED) is 0.798. The van der Waals surface area contributed by atoms with Crippen LogP contribution in [0, 0.1) is 5.92 Å². The van der Waals surface area contributed by atoms with Crippen LogP contribution >= 0.6 is 23.2 Å². The standard InChI is InChI=1S/C13H15Cl2NO3/c14-8-1-2-10(11(15)4-8)13(19)16-9-3-7(6-17)12(18)5-9/h1-2,4,7,9,12,17-18H,3,5-6H2,(H,16,19)/t7-,9-,12+/m0/s1. The summed E-state index contributed by atoms with van der Waals surface area (Å²) in [6.07, 6.45) is 0.438. The normalized spacial score (nSPS) is 26.4. The molecule has 104 valence electrons. The first-order chi connectivity index (χ1) is 9.01. The van der Waals surface area contributed by atoms with E-state index < -0.39 is 6.10 Å². The fourth-order valence-electron chi connectivity index (χ4n) is 2.35. The fourth-order valence-corrected chi connectivity index (χ4v) is 2.85. The summed E-state index contributed by atoms with van der Waals surface area (Å²) in [5.41, 5.74) is 0.355. The van der Waals surface area contributed by atoms with E-state index >= 15 is 0 Å². The Balaban J connectivity index is 2.02. The first-order valence-electron chi connectivity index (χ1n) is 6.06. The van der Waals surface area contributed by atoms with Crippen molar-refractivity contribution in [1.82, 2.24) is 5.32 Å². The zero-order chi connectivity index (χ0) is 14.0. The van der Waals surface area contributed by atoms with E-state index in [1.807, 2.05) is 0 Å². The first-order valence-corrected chi connectivity index (χ1v) is 6.81. The Bertz CT molecular complexity index is 481. The molecule has 0 unspecified atom stereocenters. The molecule has 0 saturated heterocycles. The van der Waals surface area contributed by atoms with Gasteiger partial charge in [-0.1, -0.05) is 23.2 Å². The number of halogens is 2. The molecule has 4 nitrogen and oxygen atoms in total. The van der Waals surface area contributed by atoms with Gasteiger partial charge >= 0.3 is 0 Å². The van der Waals surface area contributed by atoms with Gasteiger partial charge in [0.2, 0.25) is 0 Å². The second-order valence-corrected chi connectivity index (χ2v) is 5.62. The molecule has 19 heavy (non-hydrogen) atoms. The van der Waals surface area contributed by atoms with Gasteiger partial charge in [0.05, 0.1) is 16.7 Å². The molecule has 1 fully saturated rings. The van der Waals surface area contributed by atoms with Crippen LogP contribution < -0.4 is 5.32 Å². The van der Waals surface area contributed by atoms with Crippen LogP contribution in [-0.2, 0) is 0 Å². The monoisotopic (exact) mass is 303 g/mol. The molecule has 0 aromatic heterocycles. The SMILES string of the molecule is O=C(N[C@H]1C[C@@H](CO)[C@H](O)C1)c1ccc(Cl)cc1Cl. The lowest BCUT2D eigenvalue weighted by Crippen LogP contribution is -2.33. The Morgan fingerprint density at radius 1 is 1.37 bits per heavy atom. The third-order valence-corrected chi connectivity index (χ3v) is 3.95. The summed E-state index contributed by atoms with van der Waals surface area (Å²) in [7, 11) is 0. The summed E-state index contributed by atoms with van der Waals surface area (Å²) >= 11 is 11.7. The van der Waals surface area contributed by atoms with Crippen molar-refractivity contribution in [2.75, 3.05) is 6.61 Å². The average molecular weight is 304 g/mol. The van der Waals surface area contributed by atoms with E-state index in [2.05, 4.69) is 5.32 Å². The number of carbonyl (C=O) groups excluding carboxylic acids is 1. The van der Waals surface area contributed by atoms with Gasteiger partial charge < -0.3 is 15.5 Å². The predicted molar refractivity (Wildman–Crippen MR) is 73.5 cm³/mol. The molecule has 1 aliphatic carbocycles. The van der Waals surface area contributed by atoms with E-state index in [1.165, 1.54) is 6.07 Å². The zero-order valence-corrected chi connectivity index (χ0v) is 11.7. The van der Waals surface area contributed by atoms with Crippen molar-refractivity contribution >= 4 is 29.1 Å². The second kappa shape index (κ2) is 6.09. The summed E-state index contributed by atoms with van der Waals surface area (Å²) in [4.78, 5) is 12.1. The van der Waals surface area contributed by atoms with E-state index in [1.54, 1.807) is 12.1 Å². The van der Waals surface area contributed by atoms with Crippen LogP contribution in [-0.4, -0.2) is 34.9 Å². The third kappa shape index (κ3) is 3.39. The smallest absolute Gasteiger partial charge is 0.253 e. The van der Waals surface area contributed by atoms with Crippen molar-refractivity contribution in [3.8, 4) is 0 Å². The first kappa shape index (κ1) is 14.6. The average Bonchev–Trinajstić information content (AvgIpc) is 2.69. The second-order valence-electron chi connectivity index (χ2n) is 4.78. The molecule has 1 aliphatic rings. The number of aliphatic hydroxyl groups excluding tert-OH is 2. The lowest BCUT2D eigenvalue weighted by Gasteiger charge is -2.13. The molecule has 0 aliphatic heterocycles. The summed E-state index contributed by atoms with van der Waals surface area (Å²) in [6, 6.07) is 4.53. The van der Waals surface area contributed by atoms with Crippen molar-refractivity contribution in [2.24, 2.45) is 5.92 Å². The Morgan fingerprint density at radius 2 is 2.11 bits per heavy atom. The molecule has 1 aromatic rings. The van der Waals surface area contributed by atoms with Gasteiger partial charge in [0.25, 0.3) is 5.91 Å². The Kier molecular flexibility index (Phi) is 4.68. The van der Waals surface area contributed by atoms with Gasteiger partial charge in [0, 0.05) is 23.6 Å². The maximum atomic E-state index is 12.1. The number of rotatable bonds is 3. The molecule has 3 N–H and O–H groups in total.